The van der Waals surface area contributed by atoms with Gasteiger partial charge in [-0.1, -0.05) is 121 Å². The van der Waals surface area contributed by atoms with Crippen LogP contribution < -0.4 is 12.4 Å². The molecule has 0 saturated heterocycles. The van der Waals surface area contributed by atoms with E-state index in [1.807, 2.05) is 72.8 Å². The van der Waals surface area contributed by atoms with Crippen molar-refractivity contribution < 1.29 is 32.8 Å². The SMILES string of the molecule is CC(O)(c1ccccc1)[P+](C(C)(O)c1ccccc1)(C(C)(O)c1ccccc1)C(C)(O)c1ccccc1.[Cl-]. The van der Waals surface area contributed by atoms with Crippen LogP contribution in [0.25, 0.3) is 0 Å². The van der Waals surface area contributed by atoms with Gasteiger partial charge in [-0.15, -0.1) is 0 Å². The maximum atomic E-state index is 12.9. The fourth-order valence-corrected chi connectivity index (χ4v) is 13.6. The second-order valence-electron chi connectivity index (χ2n) is 10.2. The second kappa shape index (κ2) is 10.9. The van der Waals surface area contributed by atoms with Gasteiger partial charge in [-0.05, 0) is 0 Å². The molecule has 6 heteroatoms. The number of benzene rings is 4. The molecule has 0 aromatic heterocycles. The Labute approximate surface area is 232 Å². The van der Waals surface area contributed by atoms with E-state index in [1.54, 1.807) is 76.2 Å². The summed E-state index contributed by atoms with van der Waals surface area (Å²) in [5.41, 5.74) is 1.97. The minimum atomic E-state index is -3.97. The third-order valence-electron chi connectivity index (χ3n) is 7.90. The lowest BCUT2D eigenvalue weighted by atomic mass is 10.1. The average molecular weight is 551 g/mol. The summed E-state index contributed by atoms with van der Waals surface area (Å²) in [7, 11) is -3.97. The predicted octanol–water partition coefficient (Wildman–Crippen LogP) is 3.47. The molecule has 0 amide bonds. The Hall–Kier alpha value is -2.56. The molecule has 4 unspecified atom stereocenters. The third kappa shape index (κ3) is 4.40. The highest BCUT2D eigenvalue weighted by atomic mass is 35.5. The molecule has 200 valence electrons. The molecule has 4 N–H and O–H groups in total. The van der Waals surface area contributed by atoms with Gasteiger partial charge in [0.25, 0.3) is 0 Å². The zero-order valence-corrected chi connectivity index (χ0v) is 23.8. The van der Waals surface area contributed by atoms with E-state index in [9.17, 15) is 20.4 Å². The lowest BCUT2D eigenvalue weighted by Crippen LogP contribution is -3.00. The topological polar surface area (TPSA) is 80.9 Å². The molecule has 4 aromatic carbocycles. The summed E-state index contributed by atoms with van der Waals surface area (Å²) in [6.45, 7) is 6.45. The normalized spacial score (nSPS) is 19.4. The molecule has 4 atom stereocenters. The van der Waals surface area contributed by atoms with Crippen molar-refractivity contribution in [1.29, 1.82) is 0 Å². The highest BCUT2D eigenvalue weighted by Gasteiger charge is 2.83. The van der Waals surface area contributed by atoms with Gasteiger partial charge < -0.3 is 32.8 Å². The second-order valence-corrected chi connectivity index (χ2v) is 15.0. The number of hydrogen-bond acceptors (Lipinski definition) is 4. The van der Waals surface area contributed by atoms with Gasteiger partial charge in [0.1, 0.15) is 0 Å². The zero-order chi connectivity index (χ0) is 27.0. The van der Waals surface area contributed by atoms with E-state index in [0.717, 1.165) is 0 Å². The van der Waals surface area contributed by atoms with Crippen LogP contribution in [0.15, 0.2) is 121 Å². The summed E-state index contributed by atoms with van der Waals surface area (Å²) >= 11 is 0. The van der Waals surface area contributed by atoms with Crippen molar-refractivity contribution in [1.82, 2.24) is 0 Å². The van der Waals surface area contributed by atoms with E-state index in [0.29, 0.717) is 22.3 Å². The van der Waals surface area contributed by atoms with E-state index in [2.05, 4.69) is 0 Å². The number of aliphatic hydroxyl groups is 4. The largest absolute Gasteiger partial charge is 1.00 e. The minimum absolute atomic E-state index is 0. The van der Waals surface area contributed by atoms with Crippen molar-refractivity contribution in [3.8, 4) is 0 Å². The predicted molar refractivity (Wildman–Crippen MR) is 151 cm³/mol. The van der Waals surface area contributed by atoms with E-state index in [4.69, 9.17) is 0 Å². The van der Waals surface area contributed by atoms with Crippen LogP contribution in [-0.4, -0.2) is 20.4 Å². The Morgan fingerprint density at radius 1 is 0.368 bits per heavy atom. The summed E-state index contributed by atoms with van der Waals surface area (Å²) in [6.07, 6.45) is 0. The van der Waals surface area contributed by atoms with Gasteiger partial charge in [-0.25, -0.2) is 0 Å². The summed E-state index contributed by atoms with van der Waals surface area (Å²) in [5, 5.41) is 44.0. The van der Waals surface area contributed by atoms with Gasteiger partial charge in [0.15, 0.2) is 7.26 Å². The molecule has 38 heavy (non-hydrogen) atoms. The molecule has 0 aliphatic carbocycles. The molecule has 0 radical (unpaired) electrons. The molecule has 0 fully saturated rings. The van der Waals surface area contributed by atoms with Crippen LogP contribution in [-0.2, 0) is 21.4 Å². The van der Waals surface area contributed by atoms with Gasteiger partial charge in [0.2, 0.25) is 21.4 Å². The van der Waals surface area contributed by atoms with Crippen molar-refractivity contribution in [2.45, 2.75) is 49.1 Å². The lowest BCUT2D eigenvalue weighted by molar-refractivity contribution is -0.0000644. The Bertz CT molecular complexity index is 1100. The van der Waals surface area contributed by atoms with Crippen LogP contribution in [0, 0.1) is 0 Å². The van der Waals surface area contributed by atoms with Crippen molar-refractivity contribution >= 4 is 7.26 Å². The highest BCUT2D eigenvalue weighted by molar-refractivity contribution is 7.79. The van der Waals surface area contributed by atoms with Crippen molar-refractivity contribution in [3.05, 3.63) is 144 Å². The van der Waals surface area contributed by atoms with E-state index in [-0.39, 0.29) is 12.4 Å². The molecule has 0 spiro atoms. The van der Waals surface area contributed by atoms with Gasteiger partial charge in [-0.2, -0.15) is 0 Å². The average Bonchev–Trinajstić information content (AvgIpc) is 2.90. The molecule has 4 nitrogen and oxygen atoms in total. The van der Waals surface area contributed by atoms with E-state index >= 15 is 0 Å². The third-order valence-corrected chi connectivity index (χ3v) is 14.2. The Kier molecular flexibility index (Phi) is 8.60. The number of halogens is 1. The Morgan fingerprint density at radius 3 is 0.684 bits per heavy atom. The zero-order valence-electron chi connectivity index (χ0n) is 22.2. The lowest BCUT2D eigenvalue weighted by Gasteiger charge is -2.58. The molecular formula is C32H36ClO4P. The van der Waals surface area contributed by atoms with Crippen LogP contribution in [0.2, 0.25) is 0 Å². The standard InChI is InChI=1S/C32H36O4P.ClH/c1-29(33,25-17-9-5-10-18-25)37(30(2,34)26-19-11-6-12-20-26,31(3,35)27-21-13-7-14-22-27)32(4,36)28-23-15-8-16-24-28;/h5-24,33-36H,1-4H3;1H/q+1;/p-1. The maximum absolute atomic E-state index is 12.9. The molecule has 4 rings (SSSR count). The fourth-order valence-electron chi connectivity index (χ4n) is 6.33. The quantitative estimate of drug-likeness (QED) is 0.253. The number of rotatable bonds is 8. The maximum Gasteiger partial charge on any atom is 0.207 e. The summed E-state index contributed by atoms with van der Waals surface area (Å²) in [6, 6.07) is 36.1. The molecular weight excluding hydrogens is 515 g/mol. The molecule has 0 aliphatic heterocycles. The first kappa shape index (κ1) is 30.0. The summed E-state index contributed by atoms with van der Waals surface area (Å²) in [4.78, 5) is 0. The number of hydrogen-bond donors (Lipinski definition) is 4. The van der Waals surface area contributed by atoms with Crippen LogP contribution in [0.3, 0.4) is 0 Å². The first-order valence-electron chi connectivity index (χ1n) is 12.4. The van der Waals surface area contributed by atoms with Gasteiger partial charge in [0.05, 0.1) is 0 Å². The Balaban J connectivity index is 0.00000400. The van der Waals surface area contributed by atoms with E-state index < -0.39 is 28.6 Å². The summed E-state index contributed by atoms with van der Waals surface area (Å²) < 4.78 is 0. The van der Waals surface area contributed by atoms with Gasteiger partial charge >= 0.3 is 0 Å². The summed E-state index contributed by atoms with van der Waals surface area (Å²) in [5.74, 6) is 0. The van der Waals surface area contributed by atoms with Crippen molar-refractivity contribution in [3.63, 3.8) is 0 Å². The van der Waals surface area contributed by atoms with Crippen LogP contribution in [0.1, 0.15) is 49.9 Å². The van der Waals surface area contributed by atoms with Crippen molar-refractivity contribution in [2.24, 2.45) is 0 Å². The first-order valence-corrected chi connectivity index (χ1v) is 14.2. The van der Waals surface area contributed by atoms with Gasteiger partial charge in [-0.3, -0.25) is 0 Å². The molecule has 4 aromatic rings. The molecule has 0 bridgehead atoms. The van der Waals surface area contributed by atoms with Crippen LogP contribution in [0.4, 0.5) is 0 Å². The van der Waals surface area contributed by atoms with Crippen LogP contribution in [0.5, 0.6) is 0 Å². The highest BCUT2D eigenvalue weighted by Crippen LogP contribution is 2.95. The smallest absolute Gasteiger partial charge is 0.207 e. The Morgan fingerprint density at radius 2 is 0.526 bits per heavy atom. The monoisotopic (exact) mass is 550 g/mol. The fraction of sp³-hybridized carbons (Fsp3) is 0.250. The first-order chi connectivity index (χ1) is 17.4. The van der Waals surface area contributed by atoms with Crippen molar-refractivity contribution in [2.75, 3.05) is 0 Å². The van der Waals surface area contributed by atoms with Crippen LogP contribution >= 0.6 is 7.26 Å². The molecule has 0 saturated carbocycles. The molecule has 0 heterocycles. The molecule has 0 aliphatic rings. The minimum Gasteiger partial charge on any atom is -1.00 e. The van der Waals surface area contributed by atoms with Gasteiger partial charge in [0, 0.05) is 49.9 Å². The van der Waals surface area contributed by atoms with E-state index in [1.165, 1.54) is 0 Å².